The molecule has 17 heavy (non-hydrogen) atoms. The first-order valence-corrected chi connectivity index (χ1v) is 7.72. The molecule has 1 aliphatic rings. The van der Waals surface area contributed by atoms with Gasteiger partial charge in [0, 0.05) is 24.4 Å². The molecule has 1 fully saturated rings. The largest absolute Gasteiger partial charge is 0.362 e. The lowest BCUT2D eigenvalue weighted by Crippen LogP contribution is -2.35. The van der Waals surface area contributed by atoms with Crippen LogP contribution in [0.2, 0.25) is 0 Å². The second kappa shape index (κ2) is 7.98. The summed E-state index contributed by atoms with van der Waals surface area (Å²) < 4.78 is 0. The molecule has 1 aliphatic heterocycles. The van der Waals surface area contributed by atoms with Gasteiger partial charge < -0.3 is 10.2 Å². The number of aliphatic imine (C=N–C) groups is 1. The van der Waals surface area contributed by atoms with E-state index in [9.17, 15) is 0 Å². The van der Waals surface area contributed by atoms with Crippen molar-refractivity contribution in [1.29, 1.82) is 0 Å². The van der Waals surface area contributed by atoms with Gasteiger partial charge in [-0.15, -0.1) is 0 Å². The molecule has 4 heteroatoms. The predicted molar refractivity (Wildman–Crippen MR) is 79.0 cm³/mol. The molecular weight excluding hydrogens is 230 g/mol. The van der Waals surface area contributed by atoms with E-state index in [1.165, 1.54) is 31.6 Å². The summed E-state index contributed by atoms with van der Waals surface area (Å²) in [5.41, 5.74) is 0. The molecule has 0 spiro atoms. The maximum atomic E-state index is 4.63. The Labute approximate surface area is 110 Å². The van der Waals surface area contributed by atoms with E-state index in [1.807, 2.05) is 11.8 Å². The molecule has 1 atom stereocenters. The SMILES string of the molecule is CC1CCSC(=NCCCCN(C)C(C)C)N1. The number of amidine groups is 1. The summed E-state index contributed by atoms with van der Waals surface area (Å²) in [6.45, 7) is 8.86. The summed E-state index contributed by atoms with van der Waals surface area (Å²) in [6, 6.07) is 1.25. The van der Waals surface area contributed by atoms with Crippen molar-refractivity contribution in [2.45, 2.75) is 52.1 Å². The van der Waals surface area contributed by atoms with Crippen molar-refractivity contribution >= 4 is 16.9 Å². The second-order valence-corrected chi connectivity index (χ2v) is 6.23. The van der Waals surface area contributed by atoms with Crippen LogP contribution in [-0.4, -0.2) is 48.0 Å². The highest BCUT2D eigenvalue weighted by Gasteiger charge is 2.12. The Morgan fingerprint density at radius 3 is 2.88 bits per heavy atom. The molecule has 0 aliphatic carbocycles. The number of hydrogen-bond donors (Lipinski definition) is 1. The fourth-order valence-corrected chi connectivity index (χ4v) is 2.79. The zero-order valence-electron chi connectivity index (χ0n) is 11.7. The molecule has 1 N–H and O–H groups in total. The van der Waals surface area contributed by atoms with Crippen molar-refractivity contribution in [2.75, 3.05) is 25.9 Å². The maximum Gasteiger partial charge on any atom is 0.156 e. The van der Waals surface area contributed by atoms with E-state index < -0.39 is 0 Å². The van der Waals surface area contributed by atoms with Gasteiger partial charge in [0.15, 0.2) is 5.17 Å². The molecule has 1 unspecified atom stereocenters. The Bertz CT molecular complexity index is 241. The van der Waals surface area contributed by atoms with E-state index in [1.54, 1.807) is 0 Å². The van der Waals surface area contributed by atoms with Crippen molar-refractivity contribution in [3.05, 3.63) is 0 Å². The highest BCUT2D eigenvalue weighted by atomic mass is 32.2. The number of rotatable bonds is 6. The van der Waals surface area contributed by atoms with Gasteiger partial charge in [-0.2, -0.15) is 0 Å². The minimum Gasteiger partial charge on any atom is -0.362 e. The first kappa shape index (κ1) is 14.8. The minimum atomic E-state index is 0.599. The molecule has 1 saturated heterocycles. The topological polar surface area (TPSA) is 27.6 Å². The average molecular weight is 257 g/mol. The van der Waals surface area contributed by atoms with Gasteiger partial charge >= 0.3 is 0 Å². The van der Waals surface area contributed by atoms with Crippen LogP contribution in [0.3, 0.4) is 0 Å². The van der Waals surface area contributed by atoms with Crippen molar-refractivity contribution in [1.82, 2.24) is 10.2 Å². The van der Waals surface area contributed by atoms with Crippen LogP contribution in [0.4, 0.5) is 0 Å². The summed E-state index contributed by atoms with van der Waals surface area (Å²) in [4.78, 5) is 7.02. The van der Waals surface area contributed by atoms with Gasteiger partial charge in [0.2, 0.25) is 0 Å². The summed E-state index contributed by atoms with van der Waals surface area (Å²) >= 11 is 1.86. The lowest BCUT2D eigenvalue weighted by molar-refractivity contribution is 0.269. The molecule has 0 aromatic carbocycles. The van der Waals surface area contributed by atoms with Crippen LogP contribution in [-0.2, 0) is 0 Å². The molecule has 0 aromatic heterocycles. The lowest BCUT2D eigenvalue weighted by Gasteiger charge is -2.22. The molecule has 0 saturated carbocycles. The quantitative estimate of drug-likeness (QED) is 0.741. The third-order valence-electron chi connectivity index (χ3n) is 3.22. The smallest absolute Gasteiger partial charge is 0.156 e. The number of nitrogens with one attached hydrogen (secondary N) is 1. The Balaban J connectivity index is 2.08. The van der Waals surface area contributed by atoms with Gasteiger partial charge in [-0.1, -0.05) is 11.8 Å². The highest BCUT2D eigenvalue weighted by molar-refractivity contribution is 8.13. The zero-order chi connectivity index (χ0) is 12.7. The molecule has 100 valence electrons. The Kier molecular flexibility index (Phi) is 6.97. The first-order valence-electron chi connectivity index (χ1n) is 6.73. The van der Waals surface area contributed by atoms with Crippen LogP contribution >= 0.6 is 11.8 Å². The fraction of sp³-hybridized carbons (Fsp3) is 0.923. The van der Waals surface area contributed by atoms with Gasteiger partial charge in [0.25, 0.3) is 0 Å². The highest BCUT2D eigenvalue weighted by Crippen LogP contribution is 2.13. The number of thioether (sulfide) groups is 1. The van der Waals surface area contributed by atoms with E-state index in [0.29, 0.717) is 12.1 Å². The predicted octanol–water partition coefficient (Wildman–Crippen LogP) is 2.58. The van der Waals surface area contributed by atoms with Gasteiger partial charge in [-0.25, -0.2) is 0 Å². The van der Waals surface area contributed by atoms with E-state index >= 15 is 0 Å². The Morgan fingerprint density at radius 1 is 1.47 bits per heavy atom. The third kappa shape index (κ3) is 6.32. The van der Waals surface area contributed by atoms with Crippen molar-refractivity contribution in [3.8, 4) is 0 Å². The zero-order valence-corrected chi connectivity index (χ0v) is 12.5. The third-order valence-corrected chi connectivity index (χ3v) is 4.18. The number of hydrogen-bond acceptors (Lipinski definition) is 3. The van der Waals surface area contributed by atoms with Crippen LogP contribution in [0.1, 0.15) is 40.0 Å². The van der Waals surface area contributed by atoms with Crippen LogP contribution < -0.4 is 5.32 Å². The van der Waals surface area contributed by atoms with E-state index in [-0.39, 0.29) is 0 Å². The molecule has 1 rings (SSSR count). The van der Waals surface area contributed by atoms with Crippen LogP contribution in [0.15, 0.2) is 4.99 Å². The Morgan fingerprint density at radius 2 is 2.24 bits per heavy atom. The van der Waals surface area contributed by atoms with Crippen molar-refractivity contribution in [3.63, 3.8) is 0 Å². The van der Waals surface area contributed by atoms with Crippen molar-refractivity contribution < 1.29 is 0 Å². The lowest BCUT2D eigenvalue weighted by atomic mass is 10.2. The summed E-state index contributed by atoms with van der Waals surface area (Å²) in [5.74, 6) is 1.21. The Hall–Kier alpha value is -0.220. The van der Waals surface area contributed by atoms with E-state index in [0.717, 1.165) is 11.7 Å². The monoisotopic (exact) mass is 257 g/mol. The van der Waals surface area contributed by atoms with E-state index in [4.69, 9.17) is 0 Å². The average Bonchev–Trinajstić information content (AvgIpc) is 2.28. The van der Waals surface area contributed by atoms with E-state index in [2.05, 4.69) is 43.0 Å². The summed E-state index contributed by atoms with van der Waals surface area (Å²) in [6.07, 6.45) is 3.69. The van der Waals surface area contributed by atoms with Crippen molar-refractivity contribution in [2.24, 2.45) is 4.99 Å². The minimum absolute atomic E-state index is 0.599. The summed E-state index contributed by atoms with van der Waals surface area (Å²) in [5, 5.41) is 4.59. The van der Waals surface area contributed by atoms with Crippen LogP contribution in [0.5, 0.6) is 0 Å². The molecule has 3 nitrogen and oxygen atoms in total. The molecule has 0 bridgehead atoms. The first-order chi connectivity index (χ1) is 8.09. The van der Waals surface area contributed by atoms with Crippen LogP contribution in [0.25, 0.3) is 0 Å². The molecular formula is C13H27N3S. The standard InChI is InChI=1S/C13H27N3S/c1-11(2)16(4)9-6-5-8-14-13-15-12(3)7-10-17-13/h11-12H,5-10H2,1-4H3,(H,14,15). The molecule has 0 aromatic rings. The number of nitrogens with zero attached hydrogens (tertiary/aromatic N) is 2. The molecule has 1 heterocycles. The molecule has 0 amide bonds. The molecule has 0 radical (unpaired) electrons. The maximum absolute atomic E-state index is 4.63. The second-order valence-electron chi connectivity index (χ2n) is 5.15. The normalized spacial score (nSPS) is 23.4. The van der Waals surface area contributed by atoms with Gasteiger partial charge in [0.05, 0.1) is 0 Å². The van der Waals surface area contributed by atoms with Gasteiger partial charge in [-0.05, 0) is 53.6 Å². The number of unbranched alkanes of at least 4 members (excludes halogenated alkanes) is 1. The van der Waals surface area contributed by atoms with Gasteiger partial charge in [0.1, 0.15) is 0 Å². The van der Waals surface area contributed by atoms with Crippen LogP contribution in [0, 0.1) is 0 Å². The summed E-state index contributed by atoms with van der Waals surface area (Å²) in [7, 11) is 2.19. The fourth-order valence-electron chi connectivity index (χ4n) is 1.66. The van der Waals surface area contributed by atoms with Gasteiger partial charge in [-0.3, -0.25) is 4.99 Å².